The van der Waals surface area contributed by atoms with E-state index < -0.39 is 0 Å². The Morgan fingerprint density at radius 3 is 2.78 bits per heavy atom. The maximum absolute atomic E-state index is 12.2. The molecule has 23 heavy (non-hydrogen) atoms. The summed E-state index contributed by atoms with van der Waals surface area (Å²) in [4.78, 5) is 16.7. The zero-order valence-electron chi connectivity index (χ0n) is 13.0. The fraction of sp³-hybridized carbons (Fsp3) is 0.176. The standard InChI is InChI=1S/C17H18N4O2/c1-3-21-15-10-5-4-9-14(15)19-16(21)20-17(22)18-12-7-6-8-13(11-12)23-2/h4-11H,3H2,1-2H3,(H2,18,19,20,22). The molecule has 0 fully saturated rings. The largest absolute Gasteiger partial charge is 0.497 e. The Morgan fingerprint density at radius 2 is 2.00 bits per heavy atom. The molecule has 0 aliphatic rings. The monoisotopic (exact) mass is 310 g/mol. The second-order valence-electron chi connectivity index (χ2n) is 4.98. The highest BCUT2D eigenvalue weighted by Gasteiger charge is 2.12. The van der Waals surface area contributed by atoms with Crippen molar-refractivity contribution in [1.82, 2.24) is 9.55 Å². The van der Waals surface area contributed by atoms with Gasteiger partial charge < -0.3 is 14.6 Å². The van der Waals surface area contributed by atoms with Crippen molar-refractivity contribution in [2.24, 2.45) is 0 Å². The van der Waals surface area contributed by atoms with Gasteiger partial charge in [0.15, 0.2) is 0 Å². The van der Waals surface area contributed by atoms with Crippen LogP contribution in [0.25, 0.3) is 11.0 Å². The number of carbonyl (C=O) groups is 1. The molecular formula is C17H18N4O2. The summed E-state index contributed by atoms with van der Waals surface area (Å²) in [6, 6.07) is 14.6. The van der Waals surface area contributed by atoms with Crippen molar-refractivity contribution in [2.45, 2.75) is 13.5 Å². The van der Waals surface area contributed by atoms with E-state index in [-0.39, 0.29) is 6.03 Å². The number of carbonyl (C=O) groups excluding carboxylic acids is 1. The highest BCUT2D eigenvalue weighted by atomic mass is 16.5. The van der Waals surface area contributed by atoms with Crippen LogP contribution in [-0.2, 0) is 6.54 Å². The van der Waals surface area contributed by atoms with Gasteiger partial charge in [0.25, 0.3) is 0 Å². The normalized spacial score (nSPS) is 10.5. The van der Waals surface area contributed by atoms with E-state index in [1.807, 2.05) is 47.9 Å². The molecule has 0 radical (unpaired) electrons. The summed E-state index contributed by atoms with van der Waals surface area (Å²) in [5, 5.41) is 5.58. The number of fused-ring (bicyclic) bond motifs is 1. The number of amides is 2. The van der Waals surface area contributed by atoms with Gasteiger partial charge in [0.05, 0.1) is 18.1 Å². The Hall–Kier alpha value is -3.02. The van der Waals surface area contributed by atoms with Crippen molar-refractivity contribution < 1.29 is 9.53 Å². The molecule has 0 aliphatic heterocycles. The minimum Gasteiger partial charge on any atom is -0.497 e. The number of hydrogen-bond acceptors (Lipinski definition) is 3. The molecule has 3 aromatic rings. The Balaban J connectivity index is 1.80. The molecule has 118 valence electrons. The third-order valence-electron chi connectivity index (χ3n) is 3.52. The highest BCUT2D eigenvalue weighted by Crippen LogP contribution is 2.20. The van der Waals surface area contributed by atoms with E-state index in [0.29, 0.717) is 17.4 Å². The molecule has 6 heteroatoms. The number of anilines is 2. The maximum atomic E-state index is 12.2. The van der Waals surface area contributed by atoms with E-state index in [9.17, 15) is 4.79 Å². The molecule has 0 saturated carbocycles. The van der Waals surface area contributed by atoms with E-state index in [0.717, 1.165) is 17.6 Å². The van der Waals surface area contributed by atoms with Crippen molar-refractivity contribution in [3.8, 4) is 5.75 Å². The van der Waals surface area contributed by atoms with Gasteiger partial charge in [0.1, 0.15) is 5.75 Å². The van der Waals surface area contributed by atoms with Gasteiger partial charge in [0.2, 0.25) is 5.95 Å². The van der Waals surface area contributed by atoms with Crippen molar-refractivity contribution in [3.63, 3.8) is 0 Å². The van der Waals surface area contributed by atoms with Crippen LogP contribution in [-0.4, -0.2) is 22.7 Å². The molecule has 2 aromatic carbocycles. The van der Waals surface area contributed by atoms with Crippen LogP contribution >= 0.6 is 0 Å². The number of ether oxygens (including phenoxy) is 1. The average molecular weight is 310 g/mol. The number of aromatic nitrogens is 2. The van der Waals surface area contributed by atoms with Crippen molar-refractivity contribution in [1.29, 1.82) is 0 Å². The SMILES string of the molecule is CCn1c(NC(=O)Nc2cccc(OC)c2)nc2ccccc21. The Morgan fingerprint density at radius 1 is 1.17 bits per heavy atom. The molecule has 0 atom stereocenters. The number of rotatable bonds is 4. The quantitative estimate of drug-likeness (QED) is 0.772. The Kier molecular flexibility index (Phi) is 4.14. The predicted molar refractivity (Wildman–Crippen MR) is 91.0 cm³/mol. The first-order valence-corrected chi connectivity index (χ1v) is 7.38. The Bertz CT molecular complexity index is 841. The summed E-state index contributed by atoms with van der Waals surface area (Å²) in [7, 11) is 1.59. The molecule has 2 amide bonds. The number of benzene rings is 2. The van der Waals surface area contributed by atoms with Gasteiger partial charge in [-0.15, -0.1) is 0 Å². The maximum Gasteiger partial charge on any atom is 0.326 e. The van der Waals surface area contributed by atoms with Crippen LogP contribution in [0.1, 0.15) is 6.92 Å². The van der Waals surface area contributed by atoms with E-state index in [4.69, 9.17) is 4.74 Å². The van der Waals surface area contributed by atoms with Crippen LogP contribution in [0.5, 0.6) is 5.75 Å². The topological polar surface area (TPSA) is 68.2 Å². The number of urea groups is 1. The van der Waals surface area contributed by atoms with Gasteiger partial charge in [-0.2, -0.15) is 0 Å². The fourth-order valence-electron chi connectivity index (χ4n) is 2.46. The zero-order chi connectivity index (χ0) is 16.2. The first-order valence-electron chi connectivity index (χ1n) is 7.38. The van der Waals surface area contributed by atoms with Crippen LogP contribution in [0.4, 0.5) is 16.4 Å². The van der Waals surface area contributed by atoms with Gasteiger partial charge in [-0.3, -0.25) is 5.32 Å². The summed E-state index contributed by atoms with van der Waals surface area (Å²) >= 11 is 0. The van der Waals surface area contributed by atoms with Gasteiger partial charge >= 0.3 is 6.03 Å². The van der Waals surface area contributed by atoms with Crippen LogP contribution in [0.2, 0.25) is 0 Å². The van der Waals surface area contributed by atoms with Gasteiger partial charge in [-0.05, 0) is 31.2 Å². The van der Waals surface area contributed by atoms with Crippen molar-refractivity contribution in [2.75, 3.05) is 17.7 Å². The van der Waals surface area contributed by atoms with Crippen LogP contribution in [0.15, 0.2) is 48.5 Å². The molecule has 0 aliphatic carbocycles. The van der Waals surface area contributed by atoms with Crippen molar-refractivity contribution >= 4 is 28.7 Å². The zero-order valence-corrected chi connectivity index (χ0v) is 13.0. The summed E-state index contributed by atoms with van der Waals surface area (Å²) < 4.78 is 7.10. The number of hydrogen-bond donors (Lipinski definition) is 2. The van der Waals surface area contributed by atoms with Crippen LogP contribution < -0.4 is 15.4 Å². The summed E-state index contributed by atoms with van der Waals surface area (Å²) in [6.07, 6.45) is 0. The smallest absolute Gasteiger partial charge is 0.326 e. The molecule has 6 nitrogen and oxygen atoms in total. The lowest BCUT2D eigenvalue weighted by Crippen LogP contribution is -2.21. The van der Waals surface area contributed by atoms with E-state index in [1.165, 1.54) is 0 Å². The molecule has 3 rings (SSSR count). The van der Waals surface area contributed by atoms with Crippen molar-refractivity contribution in [3.05, 3.63) is 48.5 Å². The molecule has 0 saturated heterocycles. The first kappa shape index (κ1) is 14.9. The Labute approximate surface area is 134 Å². The molecule has 1 heterocycles. The number of aryl methyl sites for hydroxylation is 1. The molecule has 0 spiro atoms. The molecule has 1 aromatic heterocycles. The predicted octanol–water partition coefficient (Wildman–Crippen LogP) is 3.71. The number of para-hydroxylation sites is 2. The lowest BCUT2D eigenvalue weighted by Gasteiger charge is -2.09. The fourth-order valence-corrected chi connectivity index (χ4v) is 2.46. The van der Waals surface area contributed by atoms with Gasteiger partial charge in [0, 0.05) is 18.3 Å². The third-order valence-corrected chi connectivity index (χ3v) is 3.52. The van der Waals surface area contributed by atoms with Crippen LogP contribution in [0.3, 0.4) is 0 Å². The molecule has 0 bridgehead atoms. The second-order valence-corrected chi connectivity index (χ2v) is 4.98. The minimum atomic E-state index is -0.344. The lowest BCUT2D eigenvalue weighted by atomic mass is 10.3. The molecule has 0 unspecified atom stereocenters. The summed E-state index contributed by atoms with van der Waals surface area (Å²) in [5.74, 6) is 1.21. The second kappa shape index (κ2) is 6.39. The third kappa shape index (κ3) is 3.11. The highest BCUT2D eigenvalue weighted by molar-refractivity contribution is 5.99. The number of nitrogens with one attached hydrogen (secondary N) is 2. The number of nitrogens with zero attached hydrogens (tertiary/aromatic N) is 2. The van der Waals surface area contributed by atoms with Gasteiger partial charge in [-0.1, -0.05) is 18.2 Å². The lowest BCUT2D eigenvalue weighted by molar-refractivity contribution is 0.262. The number of imidazole rings is 1. The minimum absolute atomic E-state index is 0.344. The number of methoxy groups -OCH3 is 1. The van der Waals surface area contributed by atoms with E-state index in [1.54, 1.807) is 19.2 Å². The average Bonchev–Trinajstić information content (AvgIpc) is 2.91. The summed E-state index contributed by atoms with van der Waals surface area (Å²) in [5.41, 5.74) is 2.50. The van der Waals surface area contributed by atoms with Gasteiger partial charge in [-0.25, -0.2) is 9.78 Å². The molecule has 2 N–H and O–H groups in total. The van der Waals surface area contributed by atoms with E-state index in [2.05, 4.69) is 15.6 Å². The van der Waals surface area contributed by atoms with Crippen LogP contribution in [0, 0.1) is 0 Å². The first-order chi connectivity index (χ1) is 11.2. The molecular weight excluding hydrogens is 292 g/mol. The van der Waals surface area contributed by atoms with E-state index >= 15 is 0 Å². The summed E-state index contributed by atoms with van der Waals surface area (Å²) in [6.45, 7) is 2.73.